The third-order valence-electron chi connectivity index (χ3n) is 3.85. The van der Waals surface area contributed by atoms with Crippen molar-refractivity contribution < 1.29 is 9.21 Å². The predicted molar refractivity (Wildman–Crippen MR) is 93.4 cm³/mol. The fourth-order valence-electron chi connectivity index (χ4n) is 2.72. The lowest BCUT2D eigenvalue weighted by Crippen LogP contribution is -2.34. The van der Waals surface area contributed by atoms with Gasteiger partial charge in [0.05, 0.1) is 10.7 Å². The van der Waals surface area contributed by atoms with E-state index in [1.165, 1.54) is 0 Å². The minimum atomic E-state index is -0.256. The first kappa shape index (κ1) is 16.5. The van der Waals surface area contributed by atoms with Crippen LogP contribution in [0.4, 0.5) is 0 Å². The Balaban J connectivity index is 1.81. The molecule has 0 unspecified atom stereocenters. The minimum absolute atomic E-state index is 0.0981. The van der Waals surface area contributed by atoms with Crippen molar-refractivity contribution in [2.45, 2.75) is 33.2 Å². The Morgan fingerprint density at radius 1 is 1.33 bits per heavy atom. The van der Waals surface area contributed by atoms with E-state index in [4.69, 9.17) is 16.0 Å². The summed E-state index contributed by atoms with van der Waals surface area (Å²) in [5.74, 6) is 0.0392. The van der Waals surface area contributed by atoms with Gasteiger partial charge in [-0.25, -0.2) is 0 Å². The van der Waals surface area contributed by atoms with Crippen LogP contribution < -0.4 is 5.32 Å². The molecule has 6 heteroatoms. The Labute approximate surface area is 145 Å². The van der Waals surface area contributed by atoms with Crippen LogP contribution in [0.1, 0.15) is 34.3 Å². The summed E-state index contributed by atoms with van der Waals surface area (Å²) in [5.41, 5.74) is 3.19. The summed E-state index contributed by atoms with van der Waals surface area (Å²) in [4.78, 5) is 20.8. The molecule has 0 spiro atoms. The molecular formula is C18H18ClN3O2. The van der Waals surface area contributed by atoms with Gasteiger partial charge in [-0.2, -0.15) is 0 Å². The molecule has 0 aliphatic rings. The van der Waals surface area contributed by atoms with Crippen molar-refractivity contribution in [2.24, 2.45) is 0 Å². The van der Waals surface area contributed by atoms with E-state index in [0.29, 0.717) is 22.8 Å². The van der Waals surface area contributed by atoms with Gasteiger partial charge in [-0.05, 0) is 38.5 Å². The quantitative estimate of drug-likeness (QED) is 0.781. The van der Waals surface area contributed by atoms with Gasteiger partial charge in [0, 0.05) is 42.0 Å². The molecule has 2 heterocycles. The number of carbonyl (C=O) groups excluding carboxylic acids is 1. The van der Waals surface area contributed by atoms with E-state index in [1.54, 1.807) is 18.6 Å². The third-order valence-corrected chi connectivity index (χ3v) is 4.13. The molecule has 3 rings (SSSR count). The highest BCUT2D eigenvalue weighted by Crippen LogP contribution is 2.32. The molecule has 0 saturated carbocycles. The van der Waals surface area contributed by atoms with Gasteiger partial charge in [-0.3, -0.25) is 14.8 Å². The normalized spacial score (nSPS) is 12.3. The van der Waals surface area contributed by atoms with Crippen molar-refractivity contribution in [3.05, 3.63) is 58.3 Å². The molecule has 1 atom stereocenters. The van der Waals surface area contributed by atoms with Crippen LogP contribution in [0, 0.1) is 13.8 Å². The number of amides is 1. The van der Waals surface area contributed by atoms with E-state index < -0.39 is 0 Å². The second kappa shape index (κ2) is 6.61. The van der Waals surface area contributed by atoms with Crippen LogP contribution in [0.15, 0.2) is 35.1 Å². The second-order valence-electron chi connectivity index (χ2n) is 5.95. The molecule has 0 fully saturated rings. The topological polar surface area (TPSA) is 68.0 Å². The van der Waals surface area contributed by atoms with Crippen molar-refractivity contribution in [1.29, 1.82) is 0 Å². The summed E-state index contributed by atoms with van der Waals surface area (Å²) in [6, 6.07) is 3.70. The maximum atomic E-state index is 12.5. The largest absolute Gasteiger partial charge is 0.449 e. The number of aryl methyl sites for hydroxylation is 2. The van der Waals surface area contributed by atoms with Crippen LogP contribution in [0.5, 0.6) is 0 Å². The standard InChI is InChI=1S/C18H18ClN3O2/c1-10-6-14-12(3)16(24-17(14)15(19)7-10)18(23)22-11(2)8-13-9-20-4-5-21-13/h4-7,9,11H,8H2,1-3H3,(H,22,23)/t11-/m1/s1. The number of nitrogens with zero attached hydrogens (tertiary/aromatic N) is 2. The molecule has 5 nitrogen and oxygen atoms in total. The van der Waals surface area contributed by atoms with Crippen LogP contribution >= 0.6 is 11.6 Å². The zero-order valence-electron chi connectivity index (χ0n) is 13.8. The Morgan fingerprint density at radius 2 is 2.12 bits per heavy atom. The maximum absolute atomic E-state index is 12.5. The van der Waals surface area contributed by atoms with Gasteiger partial charge in [0.2, 0.25) is 0 Å². The molecule has 0 saturated heterocycles. The number of benzene rings is 1. The molecule has 0 radical (unpaired) electrons. The summed E-state index contributed by atoms with van der Waals surface area (Å²) in [5, 5.41) is 4.32. The molecule has 24 heavy (non-hydrogen) atoms. The number of hydrogen-bond acceptors (Lipinski definition) is 4. The highest BCUT2D eigenvalue weighted by Gasteiger charge is 2.21. The zero-order valence-corrected chi connectivity index (χ0v) is 14.5. The van der Waals surface area contributed by atoms with Crippen molar-refractivity contribution in [3.63, 3.8) is 0 Å². The van der Waals surface area contributed by atoms with E-state index in [-0.39, 0.29) is 11.9 Å². The number of rotatable bonds is 4. The van der Waals surface area contributed by atoms with Crippen molar-refractivity contribution >= 4 is 28.5 Å². The number of aromatic nitrogens is 2. The lowest BCUT2D eigenvalue weighted by atomic mass is 10.1. The Bertz CT molecular complexity index is 890. The predicted octanol–water partition coefficient (Wildman–Crippen LogP) is 3.85. The number of nitrogens with one attached hydrogen (secondary N) is 1. The lowest BCUT2D eigenvalue weighted by molar-refractivity contribution is 0.0913. The summed E-state index contributed by atoms with van der Waals surface area (Å²) in [7, 11) is 0. The summed E-state index contributed by atoms with van der Waals surface area (Å²) in [6.07, 6.45) is 5.55. The van der Waals surface area contributed by atoms with Gasteiger partial charge in [0.15, 0.2) is 11.3 Å². The zero-order chi connectivity index (χ0) is 17.3. The number of hydrogen-bond donors (Lipinski definition) is 1. The van der Waals surface area contributed by atoms with Crippen LogP contribution in [-0.4, -0.2) is 21.9 Å². The van der Waals surface area contributed by atoms with E-state index in [1.807, 2.05) is 32.9 Å². The molecule has 2 aromatic heterocycles. The van der Waals surface area contributed by atoms with Gasteiger partial charge >= 0.3 is 0 Å². The molecular weight excluding hydrogens is 326 g/mol. The molecule has 1 aromatic carbocycles. The van der Waals surface area contributed by atoms with Crippen LogP contribution in [0.3, 0.4) is 0 Å². The average Bonchev–Trinajstić information content (AvgIpc) is 2.86. The molecule has 1 N–H and O–H groups in total. The fourth-order valence-corrected chi connectivity index (χ4v) is 3.03. The van der Waals surface area contributed by atoms with Gasteiger partial charge in [0.25, 0.3) is 5.91 Å². The highest BCUT2D eigenvalue weighted by atomic mass is 35.5. The van der Waals surface area contributed by atoms with E-state index >= 15 is 0 Å². The molecule has 0 aliphatic carbocycles. The van der Waals surface area contributed by atoms with E-state index in [9.17, 15) is 4.79 Å². The molecule has 124 valence electrons. The molecule has 0 bridgehead atoms. The average molecular weight is 344 g/mol. The summed E-state index contributed by atoms with van der Waals surface area (Å²) in [6.45, 7) is 5.74. The number of fused-ring (bicyclic) bond motifs is 1. The van der Waals surface area contributed by atoms with Crippen molar-refractivity contribution in [1.82, 2.24) is 15.3 Å². The number of furan rings is 1. The number of halogens is 1. The first-order chi connectivity index (χ1) is 11.5. The first-order valence-corrected chi connectivity index (χ1v) is 8.08. The first-order valence-electron chi connectivity index (χ1n) is 7.70. The molecule has 1 amide bonds. The highest BCUT2D eigenvalue weighted by molar-refractivity contribution is 6.35. The van der Waals surface area contributed by atoms with Crippen LogP contribution in [0.2, 0.25) is 5.02 Å². The summed E-state index contributed by atoms with van der Waals surface area (Å²) < 4.78 is 5.73. The van der Waals surface area contributed by atoms with Crippen molar-refractivity contribution in [3.8, 4) is 0 Å². The SMILES string of the molecule is Cc1cc(Cl)c2oc(C(=O)N[C@H](C)Cc3cnccn3)c(C)c2c1. The fraction of sp³-hybridized carbons (Fsp3) is 0.278. The van der Waals surface area contributed by atoms with Crippen LogP contribution in [-0.2, 0) is 6.42 Å². The molecule has 3 aromatic rings. The Morgan fingerprint density at radius 3 is 2.83 bits per heavy atom. The van der Waals surface area contributed by atoms with Gasteiger partial charge in [-0.15, -0.1) is 0 Å². The van der Waals surface area contributed by atoms with Gasteiger partial charge in [-0.1, -0.05) is 11.6 Å². The minimum Gasteiger partial charge on any atom is -0.449 e. The van der Waals surface area contributed by atoms with Crippen molar-refractivity contribution in [2.75, 3.05) is 0 Å². The van der Waals surface area contributed by atoms with E-state index in [0.717, 1.165) is 22.2 Å². The van der Waals surface area contributed by atoms with Gasteiger partial charge < -0.3 is 9.73 Å². The third kappa shape index (κ3) is 3.26. The van der Waals surface area contributed by atoms with Gasteiger partial charge in [0.1, 0.15) is 0 Å². The smallest absolute Gasteiger partial charge is 0.287 e. The molecule has 0 aliphatic heterocycles. The maximum Gasteiger partial charge on any atom is 0.287 e. The number of carbonyl (C=O) groups is 1. The van der Waals surface area contributed by atoms with E-state index in [2.05, 4.69) is 15.3 Å². The lowest BCUT2D eigenvalue weighted by Gasteiger charge is -2.12. The Hall–Kier alpha value is -2.40. The van der Waals surface area contributed by atoms with Crippen LogP contribution in [0.25, 0.3) is 11.0 Å². The Kier molecular flexibility index (Phi) is 4.53. The summed E-state index contributed by atoms with van der Waals surface area (Å²) >= 11 is 6.22. The second-order valence-corrected chi connectivity index (χ2v) is 6.36. The monoisotopic (exact) mass is 343 g/mol.